The van der Waals surface area contributed by atoms with E-state index in [2.05, 4.69) is 34.3 Å². The van der Waals surface area contributed by atoms with Crippen LogP contribution < -0.4 is 5.32 Å². The summed E-state index contributed by atoms with van der Waals surface area (Å²) >= 11 is 0. The van der Waals surface area contributed by atoms with Gasteiger partial charge in [0, 0.05) is 5.92 Å². The summed E-state index contributed by atoms with van der Waals surface area (Å²) in [5.74, 6) is 2.17. The molecule has 0 radical (unpaired) electrons. The van der Waals surface area contributed by atoms with Crippen molar-refractivity contribution in [2.75, 3.05) is 7.05 Å². The largest absolute Gasteiger partial charge is 0.311 e. The maximum Gasteiger partial charge on any atom is 0.153 e. The number of nitrogens with zero attached hydrogens (tertiary/aromatic N) is 2. The summed E-state index contributed by atoms with van der Waals surface area (Å²) in [6, 6.07) is 0.241. The monoisotopic (exact) mass is 168 g/mol. The van der Waals surface area contributed by atoms with Crippen molar-refractivity contribution in [2.24, 2.45) is 0 Å². The zero-order valence-corrected chi connectivity index (χ0v) is 8.05. The number of aromatic nitrogens is 3. The highest BCUT2D eigenvalue weighted by molar-refractivity contribution is 4.98. The Labute approximate surface area is 72.8 Å². The van der Waals surface area contributed by atoms with Gasteiger partial charge in [-0.15, -0.1) is 0 Å². The molecule has 0 aliphatic carbocycles. The van der Waals surface area contributed by atoms with Gasteiger partial charge in [0.15, 0.2) is 5.82 Å². The lowest BCUT2D eigenvalue weighted by molar-refractivity contribution is 0.612. The van der Waals surface area contributed by atoms with Crippen LogP contribution in [0.3, 0.4) is 0 Å². The Bertz CT molecular complexity index is 241. The van der Waals surface area contributed by atoms with E-state index in [0.717, 1.165) is 11.6 Å². The number of hydrogen-bond acceptors (Lipinski definition) is 3. The van der Waals surface area contributed by atoms with Crippen LogP contribution in [0, 0.1) is 0 Å². The molecule has 1 unspecified atom stereocenters. The lowest BCUT2D eigenvalue weighted by atomic mass is 10.2. The molecule has 0 bridgehead atoms. The molecule has 1 aromatic rings. The van der Waals surface area contributed by atoms with Crippen LogP contribution in [-0.4, -0.2) is 22.2 Å². The molecule has 0 saturated carbocycles. The first-order valence-electron chi connectivity index (χ1n) is 4.24. The highest BCUT2D eigenvalue weighted by atomic mass is 15.2. The molecule has 1 aromatic heterocycles. The van der Waals surface area contributed by atoms with Gasteiger partial charge in [-0.05, 0) is 14.0 Å². The molecule has 0 aliphatic heterocycles. The van der Waals surface area contributed by atoms with E-state index in [1.165, 1.54) is 0 Å². The zero-order chi connectivity index (χ0) is 9.14. The molecule has 0 saturated heterocycles. The van der Waals surface area contributed by atoms with E-state index in [9.17, 15) is 0 Å². The van der Waals surface area contributed by atoms with Gasteiger partial charge in [-0.2, -0.15) is 5.10 Å². The van der Waals surface area contributed by atoms with Crippen LogP contribution in [0.25, 0.3) is 0 Å². The number of hydrogen-bond donors (Lipinski definition) is 2. The third-order valence-corrected chi connectivity index (χ3v) is 1.88. The second-order valence-electron chi connectivity index (χ2n) is 3.24. The van der Waals surface area contributed by atoms with Crippen molar-refractivity contribution in [2.45, 2.75) is 32.7 Å². The summed E-state index contributed by atoms with van der Waals surface area (Å²) in [5.41, 5.74) is 0. The molecular formula is C8H16N4. The third-order valence-electron chi connectivity index (χ3n) is 1.88. The van der Waals surface area contributed by atoms with Crippen molar-refractivity contribution >= 4 is 0 Å². The molecule has 1 atom stereocenters. The maximum atomic E-state index is 4.35. The minimum atomic E-state index is 0.241. The summed E-state index contributed by atoms with van der Waals surface area (Å²) in [6.07, 6.45) is 0. The summed E-state index contributed by atoms with van der Waals surface area (Å²) in [5, 5.41) is 10.1. The molecule has 4 heteroatoms. The molecule has 12 heavy (non-hydrogen) atoms. The summed E-state index contributed by atoms with van der Waals surface area (Å²) in [6.45, 7) is 6.21. The SMILES string of the molecule is CNC(C)c1nc(C(C)C)n[nH]1. The fraction of sp³-hybridized carbons (Fsp3) is 0.750. The molecule has 0 aromatic carbocycles. The first kappa shape index (κ1) is 9.19. The minimum absolute atomic E-state index is 0.241. The second kappa shape index (κ2) is 3.67. The molecule has 68 valence electrons. The molecule has 0 amide bonds. The number of aromatic amines is 1. The van der Waals surface area contributed by atoms with Crippen molar-refractivity contribution in [1.82, 2.24) is 20.5 Å². The highest BCUT2D eigenvalue weighted by Gasteiger charge is 2.10. The molecule has 1 heterocycles. The lowest BCUT2D eigenvalue weighted by Gasteiger charge is -2.03. The van der Waals surface area contributed by atoms with E-state index in [1.807, 2.05) is 14.0 Å². The molecule has 0 aliphatic rings. The van der Waals surface area contributed by atoms with E-state index >= 15 is 0 Å². The lowest BCUT2D eigenvalue weighted by Crippen LogP contribution is -2.13. The molecule has 1 rings (SSSR count). The average molecular weight is 168 g/mol. The maximum absolute atomic E-state index is 4.35. The Kier molecular flexibility index (Phi) is 2.81. The van der Waals surface area contributed by atoms with E-state index in [1.54, 1.807) is 0 Å². The summed E-state index contributed by atoms with van der Waals surface area (Å²) < 4.78 is 0. The second-order valence-corrected chi connectivity index (χ2v) is 3.24. The molecular weight excluding hydrogens is 152 g/mol. The standard InChI is InChI=1S/C8H16N4/c1-5(2)7-10-8(12-11-7)6(3)9-4/h5-6,9H,1-4H3,(H,10,11,12). The van der Waals surface area contributed by atoms with Crippen LogP contribution in [0.1, 0.15) is 44.4 Å². The fourth-order valence-electron chi connectivity index (χ4n) is 0.877. The quantitative estimate of drug-likeness (QED) is 0.713. The van der Waals surface area contributed by atoms with Crippen LogP contribution in [0.15, 0.2) is 0 Å². The van der Waals surface area contributed by atoms with Crippen LogP contribution >= 0.6 is 0 Å². The van der Waals surface area contributed by atoms with Gasteiger partial charge in [0.05, 0.1) is 6.04 Å². The smallest absolute Gasteiger partial charge is 0.153 e. The van der Waals surface area contributed by atoms with Gasteiger partial charge in [0.25, 0.3) is 0 Å². The van der Waals surface area contributed by atoms with Crippen molar-refractivity contribution in [3.63, 3.8) is 0 Å². The fourth-order valence-corrected chi connectivity index (χ4v) is 0.877. The normalized spacial score (nSPS) is 13.8. The first-order chi connectivity index (χ1) is 5.65. The van der Waals surface area contributed by atoms with Crippen molar-refractivity contribution in [1.29, 1.82) is 0 Å². The van der Waals surface area contributed by atoms with Gasteiger partial charge in [-0.25, -0.2) is 4.98 Å². The summed E-state index contributed by atoms with van der Waals surface area (Å²) in [4.78, 5) is 4.35. The van der Waals surface area contributed by atoms with Crippen LogP contribution in [0.2, 0.25) is 0 Å². The molecule has 0 spiro atoms. The average Bonchev–Trinajstić information content (AvgIpc) is 2.51. The van der Waals surface area contributed by atoms with Crippen LogP contribution in [-0.2, 0) is 0 Å². The van der Waals surface area contributed by atoms with Crippen molar-refractivity contribution in [3.05, 3.63) is 11.6 Å². The van der Waals surface area contributed by atoms with Gasteiger partial charge < -0.3 is 5.32 Å². The Balaban J connectivity index is 2.77. The molecule has 0 fully saturated rings. The number of nitrogens with one attached hydrogen (secondary N) is 2. The van der Waals surface area contributed by atoms with Crippen molar-refractivity contribution in [3.8, 4) is 0 Å². The highest BCUT2D eigenvalue weighted by Crippen LogP contribution is 2.11. The summed E-state index contributed by atoms with van der Waals surface area (Å²) in [7, 11) is 1.90. The Hall–Kier alpha value is -0.900. The van der Waals surface area contributed by atoms with Gasteiger partial charge in [0.2, 0.25) is 0 Å². The predicted molar refractivity (Wildman–Crippen MR) is 47.9 cm³/mol. The Morgan fingerprint density at radius 3 is 2.42 bits per heavy atom. The van der Waals surface area contributed by atoms with E-state index in [4.69, 9.17) is 0 Å². The number of rotatable bonds is 3. The van der Waals surface area contributed by atoms with Crippen LogP contribution in [0.5, 0.6) is 0 Å². The topological polar surface area (TPSA) is 53.6 Å². The minimum Gasteiger partial charge on any atom is -0.311 e. The van der Waals surface area contributed by atoms with E-state index in [0.29, 0.717) is 5.92 Å². The third kappa shape index (κ3) is 1.82. The Morgan fingerprint density at radius 1 is 1.33 bits per heavy atom. The van der Waals surface area contributed by atoms with Gasteiger partial charge >= 0.3 is 0 Å². The van der Waals surface area contributed by atoms with Gasteiger partial charge in [-0.3, -0.25) is 5.10 Å². The predicted octanol–water partition coefficient (Wildman–Crippen LogP) is 1.21. The first-order valence-corrected chi connectivity index (χ1v) is 4.24. The Morgan fingerprint density at radius 2 is 2.00 bits per heavy atom. The number of H-pyrrole nitrogens is 1. The molecule has 4 nitrogen and oxygen atoms in total. The van der Waals surface area contributed by atoms with E-state index < -0.39 is 0 Å². The zero-order valence-electron chi connectivity index (χ0n) is 8.05. The van der Waals surface area contributed by atoms with Crippen molar-refractivity contribution < 1.29 is 0 Å². The molecule has 2 N–H and O–H groups in total. The van der Waals surface area contributed by atoms with E-state index in [-0.39, 0.29) is 6.04 Å². The van der Waals surface area contributed by atoms with Crippen LogP contribution in [0.4, 0.5) is 0 Å². The van der Waals surface area contributed by atoms with Gasteiger partial charge in [0.1, 0.15) is 5.82 Å². The van der Waals surface area contributed by atoms with Gasteiger partial charge in [-0.1, -0.05) is 13.8 Å².